The number of thiazole rings is 2. The van der Waals surface area contributed by atoms with Crippen molar-refractivity contribution in [2.24, 2.45) is 0 Å². The van der Waals surface area contributed by atoms with Gasteiger partial charge in [-0.25, -0.2) is 9.97 Å². The quantitative estimate of drug-likeness (QED) is 0.463. The molecule has 0 aliphatic rings. The van der Waals surface area contributed by atoms with Crippen molar-refractivity contribution in [1.82, 2.24) is 14.9 Å². The molecule has 0 atom stereocenters. The SMILES string of the molecule is CC(C)(C)N(Cc1nc2ccccc2s1)Cc1nc2ccccc2s1. The lowest BCUT2D eigenvalue weighted by Gasteiger charge is -2.34. The van der Waals surface area contributed by atoms with E-state index >= 15 is 0 Å². The summed E-state index contributed by atoms with van der Waals surface area (Å²) in [6.45, 7) is 8.46. The molecule has 2 aromatic heterocycles. The van der Waals surface area contributed by atoms with Crippen LogP contribution in [0.4, 0.5) is 0 Å². The van der Waals surface area contributed by atoms with E-state index in [1.807, 2.05) is 0 Å². The van der Waals surface area contributed by atoms with Gasteiger partial charge in [0.15, 0.2) is 0 Å². The van der Waals surface area contributed by atoms with Crippen LogP contribution in [0.5, 0.6) is 0 Å². The van der Waals surface area contributed by atoms with Crippen LogP contribution in [0, 0.1) is 0 Å². The van der Waals surface area contributed by atoms with Crippen LogP contribution in [-0.2, 0) is 13.1 Å². The van der Waals surface area contributed by atoms with E-state index in [2.05, 4.69) is 74.2 Å². The monoisotopic (exact) mass is 367 g/mol. The molecular formula is C20H21N3S2. The van der Waals surface area contributed by atoms with E-state index in [4.69, 9.17) is 9.97 Å². The topological polar surface area (TPSA) is 29.0 Å². The van der Waals surface area contributed by atoms with E-state index in [0.29, 0.717) is 0 Å². The van der Waals surface area contributed by atoms with Crippen molar-refractivity contribution in [3.8, 4) is 0 Å². The minimum absolute atomic E-state index is 0.0513. The minimum Gasteiger partial charge on any atom is -0.285 e. The van der Waals surface area contributed by atoms with Gasteiger partial charge < -0.3 is 0 Å². The Bertz CT molecular complexity index is 868. The molecule has 3 nitrogen and oxygen atoms in total. The van der Waals surface area contributed by atoms with Crippen molar-refractivity contribution in [3.05, 3.63) is 58.5 Å². The van der Waals surface area contributed by atoms with Crippen LogP contribution in [0.2, 0.25) is 0 Å². The standard InChI is InChI=1S/C20H21N3S2/c1-20(2,3)23(12-18-21-14-8-4-6-10-16(14)24-18)13-19-22-15-9-5-7-11-17(15)25-19/h4-11H,12-13H2,1-3H3. The highest BCUT2D eigenvalue weighted by atomic mass is 32.1. The molecule has 0 amide bonds. The third kappa shape index (κ3) is 3.59. The number of benzene rings is 2. The van der Waals surface area contributed by atoms with E-state index in [1.165, 1.54) is 9.40 Å². The second-order valence-corrected chi connectivity index (χ2v) is 9.41. The first-order chi connectivity index (χ1) is 12.0. The van der Waals surface area contributed by atoms with Gasteiger partial charge in [0.2, 0.25) is 0 Å². The number of rotatable bonds is 4. The molecule has 2 heterocycles. The Balaban J connectivity index is 1.61. The average molecular weight is 368 g/mol. The highest BCUT2D eigenvalue weighted by Gasteiger charge is 2.24. The van der Waals surface area contributed by atoms with Gasteiger partial charge in [0.25, 0.3) is 0 Å². The summed E-state index contributed by atoms with van der Waals surface area (Å²) in [5, 5.41) is 2.33. The zero-order valence-corrected chi connectivity index (χ0v) is 16.3. The van der Waals surface area contributed by atoms with Gasteiger partial charge in [-0.15, -0.1) is 22.7 Å². The zero-order chi connectivity index (χ0) is 17.4. The van der Waals surface area contributed by atoms with Gasteiger partial charge >= 0.3 is 0 Å². The maximum Gasteiger partial charge on any atom is 0.108 e. The van der Waals surface area contributed by atoms with Crippen LogP contribution in [0.3, 0.4) is 0 Å². The fourth-order valence-corrected chi connectivity index (χ4v) is 4.80. The molecule has 0 fully saturated rings. The first-order valence-corrected chi connectivity index (χ1v) is 10.1. The van der Waals surface area contributed by atoms with Crippen molar-refractivity contribution >= 4 is 43.1 Å². The van der Waals surface area contributed by atoms with Crippen LogP contribution in [0.25, 0.3) is 20.4 Å². The predicted octanol–water partition coefficient (Wildman–Crippen LogP) is 5.71. The van der Waals surface area contributed by atoms with Gasteiger partial charge in [-0.1, -0.05) is 24.3 Å². The summed E-state index contributed by atoms with van der Waals surface area (Å²) in [5.74, 6) is 0. The fraction of sp³-hybridized carbons (Fsp3) is 0.300. The van der Waals surface area contributed by atoms with Crippen molar-refractivity contribution < 1.29 is 0 Å². The summed E-state index contributed by atoms with van der Waals surface area (Å²) in [6, 6.07) is 16.7. The molecule has 0 spiro atoms. The highest BCUT2D eigenvalue weighted by Crippen LogP contribution is 2.29. The number of nitrogens with zero attached hydrogens (tertiary/aromatic N) is 3. The number of hydrogen-bond donors (Lipinski definition) is 0. The summed E-state index contributed by atoms with van der Waals surface area (Å²) in [6.07, 6.45) is 0. The summed E-state index contributed by atoms with van der Waals surface area (Å²) >= 11 is 3.58. The lowest BCUT2D eigenvalue weighted by molar-refractivity contribution is 0.118. The number of aromatic nitrogens is 2. The summed E-state index contributed by atoms with van der Waals surface area (Å²) < 4.78 is 2.51. The van der Waals surface area contributed by atoms with Crippen LogP contribution < -0.4 is 0 Å². The van der Waals surface area contributed by atoms with Gasteiger partial charge in [0, 0.05) is 5.54 Å². The lowest BCUT2D eigenvalue weighted by Crippen LogP contribution is -2.40. The molecule has 0 unspecified atom stereocenters. The second kappa shape index (κ2) is 6.48. The van der Waals surface area contributed by atoms with Gasteiger partial charge in [-0.05, 0) is 45.0 Å². The number of para-hydroxylation sites is 2. The molecule has 2 aromatic carbocycles. The van der Waals surface area contributed by atoms with Gasteiger partial charge in [-0.2, -0.15) is 0 Å². The second-order valence-electron chi connectivity index (χ2n) is 7.18. The van der Waals surface area contributed by atoms with Crippen molar-refractivity contribution in [2.75, 3.05) is 0 Å². The Morgan fingerprint density at radius 3 is 1.60 bits per heavy atom. The smallest absolute Gasteiger partial charge is 0.108 e. The maximum absolute atomic E-state index is 4.81. The lowest BCUT2D eigenvalue weighted by atomic mass is 10.1. The number of fused-ring (bicyclic) bond motifs is 2. The Morgan fingerprint density at radius 1 is 0.760 bits per heavy atom. The van der Waals surface area contributed by atoms with E-state index < -0.39 is 0 Å². The normalized spacial score (nSPS) is 12.5. The Labute approximate surface area is 156 Å². The largest absolute Gasteiger partial charge is 0.285 e. The van der Waals surface area contributed by atoms with Gasteiger partial charge in [0.1, 0.15) is 10.0 Å². The zero-order valence-electron chi connectivity index (χ0n) is 14.7. The molecule has 128 valence electrons. The molecule has 5 heteroatoms. The molecule has 0 saturated heterocycles. The molecule has 0 N–H and O–H groups in total. The van der Waals surface area contributed by atoms with E-state index in [1.54, 1.807) is 22.7 Å². The molecule has 0 saturated carbocycles. The van der Waals surface area contributed by atoms with Crippen LogP contribution >= 0.6 is 22.7 Å². The van der Waals surface area contributed by atoms with Gasteiger partial charge in [-0.3, -0.25) is 4.90 Å². The van der Waals surface area contributed by atoms with Gasteiger partial charge in [0.05, 0.1) is 33.5 Å². The molecule has 25 heavy (non-hydrogen) atoms. The third-order valence-corrected chi connectivity index (χ3v) is 6.32. The van der Waals surface area contributed by atoms with E-state index in [9.17, 15) is 0 Å². The van der Waals surface area contributed by atoms with E-state index in [-0.39, 0.29) is 5.54 Å². The molecule has 0 radical (unpaired) electrons. The molecule has 4 aromatic rings. The van der Waals surface area contributed by atoms with Crippen LogP contribution in [0.15, 0.2) is 48.5 Å². The highest BCUT2D eigenvalue weighted by molar-refractivity contribution is 7.18. The Morgan fingerprint density at radius 2 is 1.20 bits per heavy atom. The Hall–Kier alpha value is -1.82. The maximum atomic E-state index is 4.81. The number of hydrogen-bond acceptors (Lipinski definition) is 5. The molecule has 0 aliphatic carbocycles. The van der Waals surface area contributed by atoms with Crippen molar-refractivity contribution in [2.45, 2.75) is 39.4 Å². The summed E-state index contributed by atoms with van der Waals surface area (Å²) in [4.78, 5) is 12.1. The first kappa shape index (κ1) is 16.6. The Kier molecular flexibility index (Phi) is 4.31. The molecule has 0 bridgehead atoms. The van der Waals surface area contributed by atoms with Crippen LogP contribution in [-0.4, -0.2) is 20.4 Å². The molecule has 0 aliphatic heterocycles. The summed E-state index contributed by atoms with van der Waals surface area (Å²) in [5.41, 5.74) is 2.24. The first-order valence-electron chi connectivity index (χ1n) is 8.43. The average Bonchev–Trinajstić information content (AvgIpc) is 3.15. The minimum atomic E-state index is 0.0513. The molecule has 4 rings (SSSR count). The fourth-order valence-electron chi connectivity index (χ4n) is 2.83. The third-order valence-electron chi connectivity index (χ3n) is 4.28. The van der Waals surface area contributed by atoms with E-state index in [0.717, 1.165) is 34.1 Å². The van der Waals surface area contributed by atoms with Crippen LogP contribution in [0.1, 0.15) is 30.8 Å². The predicted molar refractivity (Wildman–Crippen MR) is 108 cm³/mol. The summed E-state index contributed by atoms with van der Waals surface area (Å²) in [7, 11) is 0. The van der Waals surface area contributed by atoms with Crippen molar-refractivity contribution in [3.63, 3.8) is 0 Å². The molecular weight excluding hydrogens is 346 g/mol. The van der Waals surface area contributed by atoms with Crippen molar-refractivity contribution in [1.29, 1.82) is 0 Å².